The van der Waals surface area contributed by atoms with Gasteiger partial charge in [0.1, 0.15) is 11.4 Å². The largest absolute Gasteiger partial charge is 0.381 e. The molecule has 1 unspecified atom stereocenters. The van der Waals surface area contributed by atoms with Crippen molar-refractivity contribution in [2.45, 2.75) is 19.4 Å². The van der Waals surface area contributed by atoms with Crippen molar-refractivity contribution in [1.82, 2.24) is 44.1 Å². The zero-order valence-electron chi connectivity index (χ0n) is 26.6. The van der Waals surface area contributed by atoms with Crippen LogP contribution in [-0.4, -0.2) is 77.6 Å². The number of ether oxygens (including phenoxy) is 1. The zero-order valence-corrected chi connectivity index (χ0v) is 26.6. The van der Waals surface area contributed by atoms with E-state index in [-0.39, 0.29) is 16.9 Å². The molecule has 6 aromatic rings. The average Bonchev–Trinajstić information content (AvgIpc) is 3.64. The molecule has 0 aliphatic carbocycles. The Hall–Kier alpha value is -5.84. The molecule has 7 rings (SSSR count). The molecule has 1 saturated heterocycles. The van der Waals surface area contributed by atoms with Crippen LogP contribution in [0, 0.1) is 11.8 Å². The third-order valence-corrected chi connectivity index (χ3v) is 8.48. The monoisotopic (exact) mass is 642 g/mol. The summed E-state index contributed by atoms with van der Waals surface area (Å²) in [7, 11) is 1.92. The molecule has 1 aliphatic rings. The topological polar surface area (TPSA) is 150 Å². The van der Waals surface area contributed by atoms with Crippen LogP contribution < -0.4 is 16.6 Å². The summed E-state index contributed by atoms with van der Waals surface area (Å²) in [6, 6.07) is 15.6. The molecule has 1 fully saturated rings. The highest BCUT2D eigenvalue weighted by molar-refractivity contribution is 6.04. The number of hydrogen-bond donors (Lipinski definition) is 2. The maximum absolute atomic E-state index is 14.4. The highest BCUT2D eigenvalue weighted by Gasteiger charge is 2.25. The Labute approximate surface area is 276 Å². The summed E-state index contributed by atoms with van der Waals surface area (Å²) in [5.41, 5.74) is 9.74. The third kappa shape index (κ3) is 5.90. The van der Waals surface area contributed by atoms with Crippen molar-refractivity contribution in [2.24, 2.45) is 7.05 Å². The number of anilines is 1. The maximum Gasteiger partial charge on any atom is 0.267 e. The lowest BCUT2D eigenvalue weighted by Gasteiger charge is -2.26. The minimum atomic E-state index is -0.702. The zero-order chi connectivity index (χ0) is 33.2. The van der Waals surface area contributed by atoms with E-state index < -0.39 is 11.9 Å². The average molecular weight is 643 g/mol. The van der Waals surface area contributed by atoms with Gasteiger partial charge < -0.3 is 15.8 Å². The number of aromatic nitrogens is 7. The lowest BCUT2D eigenvalue weighted by molar-refractivity contribution is 0.0382. The number of rotatable bonds is 7. The fourth-order valence-corrected chi connectivity index (χ4v) is 6.01. The number of morpholine rings is 1. The molecule has 0 spiro atoms. The number of nitrogens with two attached hydrogens (primary N) is 1. The van der Waals surface area contributed by atoms with Gasteiger partial charge in [-0.05, 0) is 37.3 Å². The van der Waals surface area contributed by atoms with E-state index in [1.807, 2.05) is 54.2 Å². The summed E-state index contributed by atoms with van der Waals surface area (Å²) in [6.07, 6.45) is 5.79. The number of nitrogens with zero attached hydrogens (tertiary/aromatic N) is 8. The molecular weight excluding hydrogens is 608 g/mol. The van der Waals surface area contributed by atoms with E-state index in [1.54, 1.807) is 37.6 Å². The normalized spacial score (nSPS) is 14.1. The van der Waals surface area contributed by atoms with Crippen LogP contribution in [0.3, 0.4) is 0 Å². The Morgan fingerprint density at radius 2 is 1.85 bits per heavy atom. The van der Waals surface area contributed by atoms with Gasteiger partial charge >= 0.3 is 0 Å². The second-order valence-electron chi connectivity index (χ2n) is 11.6. The van der Waals surface area contributed by atoms with Gasteiger partial charge in [-0.2, -0.15) is 5.10 Å². The van der Waals surface area contributed by atoms with Gasteiger partial charge in [0.05, 0.1) is 53.3 Å². The summed E-state index contributed by atoms with van der Waals surface area (Å²) < 4.78 is 10.3. The summed E-state index contributed by atoms with van der Waals surface area (Å²) in [5, 5.41) is 12.0. The van der Waals surface area contributed by atoms with Gasteiger partial charge in [0.15, 0.2) is 11.5 Å². The quantitative estimate of drug-likeness (QED) is 0.251. The van der Waals surface area contributed by atoms with Gasteiger partial charge in [-0.3, -0.25) is 23.7 Å². The maximum atomic E-state index is 14.4. The minimum absolute atomic E-state index is 0.0476. The number of hydrogen-bond acceptors (Lipinski definition) is 9. The molecule has 13 nitrogen and oxygen atoms in total. The van der Waals surface area contributed by atoms with Gasteiger partial charge in [0.2, 0.25) is 0 Å². The van der Waals surface area contributed by atoms with E-state index in [1.165, 1.54) is 9.08 Å². The van der Waals surface area contributed by atoms with E-state index in [2.05, 4.69) is 37.2 Å². The number of aryl methyl sites for hydroxylation is 1. The Morgan fingerprint density at radius 1 is 1.06 bits per heavy atom. The second kappa shape index (κ2) is 13.1. The predicted molar refractivity (Wildman–Crippen MR) is 181 cm³/mol. The molecule has 0 bridgehead atoms. The van der Waals surface area contributed by atoms with Crippen molar-refractivity contribution < 1.29 is 9.53 Å². The molecule has 1 amide bonds. The second-order valence-corrected chi connectivity index (χ2v) is 11.6. The lowest BCUT2D eigenvalue weighted by atomic mass is 10.1. The van der Waals surface area contributed by atoms with Crippen molar-refractivity contribution >= 4 is 28.3 Å². The van der Waals surface area contributed by atoms with Crippen LogP contribution in [0.25, 0.3) is 22.2 Å². The molecule has 5 heterocycles. The van der Waals surface area contributed by atoms with E-state index >= 15 is 0 Å². The van der Waals surface area contributed by atoms with Crippen molar-refractivity contribution in [1.29, 1.82) is 0 Å². The first kappa shape index (κ1) is 30.8. The molecule has 1 atom stereocenters. The number of para-hydroxylation sites is 1. The Bertz CT molecular complexity index is 2260. The number of carbonyl (C=O) groups is 1. The molecule has 1 aliphatic heterocycles. The van der Waals surface area contributed by atoms with Gasteiger partial charge in [-0.15, -0.1) is 5.10 Å². The van der Waals surface area contributed by atoms with Gasteiger partial charge in [-0.25, -0.2) is 14.5 Å². The van der Waals surface area contributed by atoms with Crippen molar-refractivity contribution in [3.8, 4) is 17.5 Å². The van der Waals surface area contributed by atoms with E-state index in [4.69, 9.17) is 15.5 Å². The molecule has 242 valence electrons. The van der Waals surface area contributed by atoms with Gasteiger partial charge in [0, 0.05) is 51.1 Å². The van der Waals surface area contributed by atoms with Crippen molar-refractivity contribution in [2.75, 3.05) is 38.6 Å². The van der Waals surface area contributed by atoms with Crippen LogP contribution in [0.4, 0.5) is 5.82 Å². The van der Waals surface area contributed by atoms with Crippen LogP contribution >= 0.6 is 0 Å². The van der Waals surface area contributed by atoms with E-state index in [0.717, 1.165) is 50.5 Å². The smallest absolute Gasteiger partial charge is 0.267 e. The highest BCUT2D eigenvalue weighted by Crippen LogP contribution is 2.22. The first-order valence-electron chi connectivity index (χ1n) is 15.7. The van der Waals surface area contributed by atoms with Crippen LogP contribution in [0.5, 0.6) is 0 Å². The van der Waals surface area contributed by atoms with Crippen LogP contribution in [0.15, 0.2) is 78.0 Å². The van der Waals surface area contributed by atoms with Crippen LogP contribution in [-0.2, 0) is 18.2 Å². The molecular formula is C35H34N10O3. The molecule has 3 N–H and O–H groups in total. The fourth-order valence-electron chi connectivity index (χ4n) is 6.01. The standard InChI is InChI=1S/C35H34N10O3/c1-23(39-34(46)30-31(36)41-44-16-7-15-37-33(30)44)32-40-27-11-6-8-24(29(27)35(47)45(32)26-9-4-3-5-10-26)12-13-25-22-38-42(2)28(25)14-17-43-18-20-48-21-19-43/h3-11,15-16,22-23H,14,17-21H2,1-2H3,(H2,36,41)(H,39,46). The van der Waals surface area contributed by atoms with E-state index in [0.29, 0.717) is 33.6 Å². The Balaban J connectivity index is 1.26. The predicted octanol–water partition coefficient (Wildman–Crippen LogP) is 2.51. The first-order chi connectivity index (χ1) is 23.4. The van der Waals surface area contributed by atoms with Crippen LogP contribution in [0.2, 0.25) is 0 Å². The fraction of sp³-hybridized carbons (Fsp3) is 0.257. The van der Waals surface area contributed by atoms with Gasteiger partial charge in [-0.1, -0.05) is 36.1 Å². The molecule has 48 heavy (non-hydrogen) atoms. The number of fused-ring (bicyclic) bond motifs is 2. The van der Waals surface area contributed by atoms with Crippen molar-refractivity contribution in [3.63, 3.8) is 0 Å². The Kier molecular flexibility index (Phi) is 8.41. The SMILES string of the molecule is CC(NC(=O)c1c(N)nn2cccnc12)c1nc2cccc(C#Cc3cnn(C)c3CCN3CCOCC3)c2c(=O)n1-c1ccccc1. The number of nitrogens with one attached hydrogen (secondary N) is 1. The minimum Gasteiger partial charge on any atom is -0.381 e. The third-order valence-electron chi connectivity index (χ3n) is 8.48. The molecule has 13 heteroatoms. The highest BCUT2D eigenvalue weighted by atomic mass is 16.5. The number of nitrogen functional groups attached to an aromatic ring is 1. The summed E-state index contributed by atoms with van der Waals surface area (Å²) in [4.78, 5) is 39.6. The van der Waals surface area contributed by atoms with E-state index in [9.17, 15) is 9.59 Å². The number of amides is 1. The molecule has 0 radical (unpaired) electrons. The summed E-state index contributed by atoms with van der Waals surface area (Å²) in [6.45, 7) is 5.96. The van der Waals surface area contributed by atoms with Crippen molar-refractivity contribution in [3.05, 3.63) is 112 Å². The molecule has 2 aromatic carbocycles. The molecule has 4 aromatic heterocycles. The van der Waals surface area contributed by atoms with Crippen LogP contribution in [0.1, 0.15) is 46.0 Å². The summed E-state index contributed by atoms with van der Waals surface area (Å²) >= 11 is 0. The van der Waals surface area contributed by atoms with Gasteiger partial charge in [0.25, 0.3) is 11.5 Å². The lowest BCUT2D eigenvalue weighted by Crippen LogP contribution is -2.37. The molecule has 0 saturated carbocycles. The first-order valence-corrected chi connectivity index (χ1v) is 15.7. The number of benzene rings is 2. The Morgan fingerprint density at radius 3 is 2.67 bits per heavy atom. The number of carbonyl (C=O) groups excluding carboxylic acids is 1. The summed E-state index contributed by atoms with van der Waals surface area (Å²) in [5.74, 6) is 6.44.